The van der Waals surface area contributed by atoms with E-state index in [-0.39, 0.29) is 11.5 Å². The van der Waals surface area contributed by atoms with Crippen LogP contribution in [0.2, 0.25) is 0 Å². The summed E-state index contributed by atoms with van der Waals surface area (Å²) in [5, 5.41) is 12.0. The lowest BCUT2D eigenvalue weighted by molar-refractivity contribution is 0.0647. The summed E-state index contributed by atoms with van der Waals surface area (Å²) in [7, 11) is 1.58. The zero-order chi connectivity index (χ0) is 12.8. The van der Waals surface area contributed by atoms with Crippen LogP contribution in [0, 0.1) is 0 Å². The molecular weight excluding hydrogens is 228 g/mol. The van der Waals surface area contributed by atoms with Crippen LogP contribution in [-0.2, 0) is 4.74 Å². The van der Waals surface area contributed by atoms with Crippen LogP contribution in [-0.4, -0.2) is 53.8 Å². The summed E-state index contributed by atoms with van der Waals surface area (Å²) in [5.41, 5.74) is -0.0265. The van der Waals surface area contributed by atoms with Crippen molar-refractivity contribution in [1.82, 2.24) is 10.1 Å². The molecule has 0 fully saturated rings. The van der Waals surface area contributed by atoms with Crippen LogP contribution < -0.4 is 0 Å². The summed E-state index contributed by atoms with van der Waals surface area (Å²) in [5.74, 6) is -2.01. The maximum atomic E-state index is 11.7. The number of rotatable bonds is 6. The molecule has 0 aromatic carbocycles. The first-order valence-corrected chi connectivity index (χ1v) is 5.09. The fourth-order valence-corrected chi connectivity index (χ4v) is 1.12. The molecule has 0 spiro atoms. The lowest BCUT2D eigenvalue weighted by atomic mass is 10.3. The molecule has 0 aliphatic heterocycles. The normalized spacial score (nSPS) is 10.2. The highest BCUT2D eigenvalue weighted by Crippen LogP contribution is 2.06. The molecule has 1 amide bonds. The van der Waals surface area contributed by atoms with Gasteiger partial charge in [0.25, 0.3) is 5.91 Å². The molecule has 7 heteroatoms. The molecule has 17 heavy (non-hydrogen) atoms. The van der Waals surface area contributed by atoms with Gasteiger partial charge in [0, 0.05) is 26.3 Å². The molecule has 1 heterocycles. The molecular formula is C10H14N2O5. The standard InChI is InChI=1S/C10H14N2O5/c1-3-16-5-4-12(2)9(13)7-6-8(10(14)15)17-11-7/h6H,3-5H2,1-2H3,(H,14,15). The first-order chi connectivity index (χ1) is 8.06. The average molecular weight is 242 g/mol. The van der Waals surface area contributed by atoms with E-state index in [9.17, 15) is 9.59 Å². The van der Waals surface area contributed by atoms with Crippen LogP contribution in [0.25, 0.3) is 0 Å². The molecule has 94 valence electrons. The van der Waals surface area contributed by atoms with E-state index < -0.39 is 11.9 Å². The highest BCUT2D eigenvalue weighted by Gasteiger charge is 2.19. The van der Waals surface area contributed by atoms with Crippen LogP contribution in [0.3, 0.4) is 0 Å². The topological polar surface area (TPSA) is 92.9 Å². The van der Waals surface area contributed by atoms with Gasteiger partial charge in [0.15, 0.2) is 5.69 Å². The van der Waals surface area contributed by atoms with Gasteiger partial charge in [-0.05, 0) is 6.92 Å². The van der Waals surface area contributed by atoms with Crippen molar-refractivity contribution in [1.29, 1.82) is 0 Å². The van der Waals surface area contributed by atoms with Gasteiger partial charge in [-0.3, -0.25) is 4.79 Å². The van der Waals surface area contributed by atoms with E-state index in [1.165, 1.54) is 4.90 Å². The molecule has 1 aromatic heterocycles. The second-order valence-electron chi connectivity index (χ2n) is 3.31. The molecule has 0 bridgehead atoms. The number of carbonyl (C=O) groups is 2. The van der Waals surface area contributed by atoms with Crippen LogP contribution in [0.15, 0.2) is 10.6 Å². The van der Waals surface area contributed by atoms with Crippen LogP contribution in [0.5, 0.6) is 0 Å². The number of likely N-dealkylation sites (N-methyl/N-ethyl adjacent to an activating group) is 1. The Labute approximate surface area is 97.9 Å². The molecule has 0 aliphatic rings. The van der Waals surface area contributed by atoms with E-state index in [0.29, 0.717) is 19.8 Å². The summed E-state index contributed by atoms with van der Waals surface area (Å²) in [6, 6.07) is 1.10. The van der Waals surface area contributed by atoms with Gasteiger partial charge in [0.2, 0.25) is 5.76 Å². The van der Waals surface area contributed by atoms with Gasteiger partial charge in [0.05, 0.1) is 6.61 Å². The van der Waals surface area contributed by atoms with Crippen molar-refractivity contribution in [3.05, 3.63) is 17.5 Å². The number of amides is 1. The summed E-state index contributed by atoms with van der Waals surface area (Å²) in [6.07, 6.45) is 0. The third-order valence-corrected chi connectivity index (χ3v) is 2.06. The predicted octanol–water partition coefficient (Wildman–Crippen LogP) is 0.481. The number of aromatic nitrogens is 1. The Morgan fingerprint density at radius 1 is 1.59 bits per heavy atom. The molecule has 0 aliphatic carbocycles. The Morgan fingerprint density at radius 3 is 2.82 bits per heavy atom. The quantitative estimate of drug-likeness (QED) is 0.729. The molecule has 0 atom stereocenters. The highest BCUT2D eigenvalue weighted by molar-refractivity contribution is 5.94. The summed E-state index contributed by atoms with van der Waals surface area (Å²) in [4.78, 5) is 23.7. The number of aromatic carboxylic acids is 1. The second-order valence-corrected chi connectivity index (χ2v) is 3.31. The molecule has 0 saturated carbocycles. The minimum absolute atomic E-state index is 0.0265. The van der Waals surface area contributed by atoms with Crippen molar-refractivity contribution < 1.29 is 24.0 Å². The van der Waals surface area contributed by atoms with Gasteiger partial charge in [-0.1, -0.05) is 5.16 Å². The predicted molar refractivity (Wildman–Crippen MR) is 56.9 cm³/mol. The van der Waals surface area contributed by atoms with Gasteiger partial charge < -0.3 is 19.3 Å². The van der Waals surface area contributed by atoms with Gasteiger partial charge in [-0.25, -0.2) is 4.79 Å². The number of carbonyl (C=O) groups excluding carboxylic acids is 1. The molecule has 0 radical (unpaired) electrons. The average Bonchev–Trinajstić information content (AvgIpc) is 2.77. The summed E-state index contributed by atoms with van der Waals surface area (Å²) in [6.45, 7) is 3.26. The van der Waals surface area contributed by atoms with Crippen molar-refractivity contribution in [3.8, 4) is 0 Å². The Morgan fingerprint density at radius 2 is 2.29 bits per heavy atom. The molecule has 1 aromatic rings. The summed E-state index contributed by atoms with van der Waals surface area (Å²) < 4.78 is 9.60. The van der Waals surface area contributed by atoms with Crippen LogP contribution in [0.4, 0.5) is 0 Å². The maximum absolute atomic E-state index is 11.7. The van der Waals surface area contributed by atoms with E-state index in [0.717, 1.165) is 6.07 Å². The largest absolute Gasteiger partial charge is 0.475 e. The Bertz CT molecular complexity index is 401. The minimum Gasteiger partial charge on any atom is -0.475 e. The van der Waals surface area contributed by atoms with Crippen molar-refractivity contribution in [3.63, 3.8) is 0 Å². The van der Waals surface area contributed by atoms with Gasteiger partial charge in [-0.2, -0.15) is 0 Å². The zero-order valence-electron chi connectivity index (χ0n) is 9.67. The lowest BCUT2D eigenvalue weighted by Gasteiger charge is -2.14. The van der Waals surface area contributed by atoms with E-state index in [2.05, 4.69) is 9.68 Å². The van der Waals surface area contributed by atoms with Gasteiger partial charge in [-0.15, -0.1) is 0 Å². The number of ether oxygens (including phenoxy) is 1. The number of hydrogen-bond acceptors (Lipinski definition) is 5. The third-order valence-electron chi connectivity index (χ3n) is 2.06. The highest BCUT2D eigenvalue weighted by atomic mass is 16.5. The minimum atomic E-state index is -1.26. The van der Waals surface area contributed by atoms with Crippen molar-refractivity contribution in [2.45, 2.75) is 6.92 Å². The fraction of sp³-hybridized carbons (Fsp3) is 0.500. The number of carboxylic acids is 1. The Kier molecular flexibility index (Phi) is 4.65. The third kappa shape index (κ3) is 3.56. The van der Waals surface area contributed by atoms with E-state index in [1.807, 2.05) is 6.92 Å². The van der Waals surface area contributed by atoms with E-state index in [4.69, 9.17) is 9.84 Å². The Balaban J connectivity index is 2.58. The first-order valence-electron chi connectivity index (χ1n) is 5.09. The second kappa shape index (κ2) is 6.00. The SMILES string of the molecule is CCOCCN(C)C(=O)c1cc(C(=O)O)on1. The van der Waals surface area contributed by atoms with E-state index in [1.54, 1.807) is 7.05 Å². The van der Waals surface area contributed by atoms with Crippen molar-refractivity contribution in [2.24, 2.45) is 0 Å². The number of hydrogen-bond donors (Lipinski definition) is 1. The molecule has 0 saturated heterocycles. The van der Waals surface area contributed by atoms with Gasteiger partial charge >= 0.3 is 5.97 Å². The van der Waals surface area contributed by atoms with Gasteiger partial charge in [0.1, 0.15) is 0 Å². The summed E-state index contributed by atoms with van der Waals surface area (Å²) >= 11 is 0. The van der Waals surface area contributed by atoms with Crippen LogP contribution >= 0.6 is 0 Å². The molecule has 1 N–H and O–H groups in total. The zero-order valence-corrected chi connectivity index (χ0v) is 9.67. The number of carboxylic acid groups (broad SMARTS) is 1. The fourth-order valence-electron chi connectivity index (χ4n) is 1.12. The first kappa shape index (κ1) is 13.2. The number of nitrogens with zero attached hydrogens (tertiary/aromatic N) is 2. The maximum Gasteiger partial charge on any atom is 0.374 e. The van der Waals surface area contributed by atoms with Crippen molar-refractivity contribution >= 4 is 11.9 Å². The molecule has 1 rings (SSSR count). The van der Waals surface area contributed by atoms with Crippen molar-refractivity contribution in [2.75, 3.05) is 26.8 Å². The van der Waals surface area contributed by atoms with E-state index >= 15 is 0 Å². The lowest BCUT2D eigenvalue weighted by Crippen LogP contribution is -2.30. The van der Waals surface area contributed by atoms with Crippen LogP contribution in [0.1, 0.15) is 28.0 Å². The smallest absolute Gasteiger partial charge is 0.374 e. The molecule has 7 nitrogen and oxygen atoms in total. The molecule has 0 unspecified atom stereocenters. The monoisotopic (exact) mass is 242 g/mol. The Hall–Kier alpha value is -1.89.